The van der Waals surface area contributed by atoms with Crippen LogP contribution in [0, 0.1) is 0 Å². The van der Waals surface area contributed by atoms with Gasteiger partial charge in [-0.3, -0.25) is 0 Å². The lowest BCUT2D eigenvalue weighted by Crippen LogP contribution is -2.50. The van der Waals surface area contributed by atoms with Gasteiger partial charge < -0.3 is 4.48 Å². The van der Waals surface area contributed by atoms with Crippen molar-refractivity contribution in [1.82, 2.24) is 0 Å². The maximum absolute atomic E-state index is 2.50. The van der Waals surface area contributed by atoms with Gasteiger partial charge in [0.05, 0.1) is 26.2 Å². The van der Waals surface area contributed by atoms with Gasteiger partial charge in [0, 0.05) is 0 Å². The highest BCUT2D eigenvalue weighted by atomic mass is 15.3. The fraction of sp³-hybridized carbons (Fsp3) is 0.889. The van der Waals surface area contributed by atoms with Gasteiger partial charge in [-0.2, -0.15) is 0 Å². The molecule has 0 fully saturated rings. The zero-order valence-electron chi connectivity index (χ0n) is 51.5. The van der Waals surface area contributed by atoms with Crippen LogP contribution in [0.5, 0.6) is 0 Å². The SMILES string of the molecule is CCCCCCCCC=CCCCCCCCC[N+](CCCCCCCCC=CCCCCCCCC)(CCCCCCCCC=CCCCCCCCC)CCCCCCCCC=CCCCCCCCC. The molecular weight excluding hydrogens is 879 g/mol. The highest BCUT2D eigenvalue weighted by Gasteiger charge is 2.26. The molecule has 0 aromatic carbocycles. The van der Waals surface area contributed by atoms with Crippen LogP contribution in [0.1, 0.15) is 387 Å². The largest absolute Gasteiger partial charge is 0.324 e. The number of rotatable bonds is 64. The smallest absolute Gasteiger partial charge is 0.0786 e. The molecule has 0 unspecified atom stereocenters. The number of hydrogen-bond donors (Lipinski definition) is 0. The van der Waals surface area contributed by atoms with E-state index in [4.69, 9.17) is 0 Å². The molecule has 73 heavy (non-hydrogen) atoms. The summed E-state index contributed by atoms with van der Waals surface area (Å²) in [5.74, 6) is 0. The Balaban J connectivity index is 5.09. The Morgan fingerprint density at radius 3 is 0.425 bits per heavy atom. The quantitative estimate of drug-likeness (QED) is 0.0324. The van der Waals surface area contributed by atoms with Crippen LogP contribution in [0.4, 0.5) is 0 Å². The van der Waals surface area contributed by atoms with Gasteiger partial charge in [-0.25, -0.2) is 0 Å². The van der Waals surface area contributed by atoms with E-state index in [-0.39, 0.29) is 0 Å². The van der Waals surface area contributed by atoms with Gasteiger partial charge in [0.1, 0.15) is 0 Å². The average molecular weight is 1020 g/mol. The van der Waals surface area contributed by atoms with Gasteiger partial charge in [0.2, 0.25) is 0 Å². The lowest BCUT2D eigenvalue weighted by molar-refractivity contribution is -0.929. The number of quaternary nitrogens is 1. The van der Waals surface area contributed by atoms with Gasteiger partial charge in [0.25, 0.3) is 0 Å². The van der Waals surface area contributed by atoms with Gasteiger partial charge in [-0.1, -0.05) is 282 Å². The summed E-state index contributed by atoms with van der Waals surface area (Å²) in [6.45, 7) is 15.1. The van der Waals surface area contributed by atoms with Crippen LogP contribution >= 0.6 is 0 Å². The van der Waals surface area contributed by atoms with E-state index < -0.39 is 0 Å². The summed E-state index contributed by atoms with van der Waals surface area (Å²) in [5, 5.41) is 0. The molecule has 0 saturated heterocycles. The van der Waals surface area contributed by atoms with Gasteiger partial charge in [0.15, 0.2) is 0 Å². The highest BCUT2D eigenvalue weighted by Crippen LogP contribution is 2.22. The first-order valence-corrected chi connectivity index (χ1v) is 34.7. The van der Waals surface area contributed by atoms with Crippen molar-refractivity contribution in [2.75, 3.05) is 26.2 Å². The van der Waals surface area contributed by atoms with Crippen molar-refractivity contribution < 1.29 is 4.48 Å². The fourth-order valence-corrected chi connectivity index (χ4v) is 11.4. The molecule has 0 bridgehead atoms. The number of unbranched alkanes of at least 4 members (excludes halogenated alkanes) is 48. The summed E-state index contributed by atoms with van der Waals surface area (Å²) in [5.41, 5.74) is 0. The predicted molar refractivity (Wildman–Crippen MR) is 338 cm³/mol. The summed E-state index contributed by atoms with van der Waals surface area (Å²) < 4.78 is 1.46. The van der Waals surface area contributed by atoms with E-state index >= 15 is 0 Å². The van der Waals surface area contributed by atoms with Crippen LogP contribution in [-0.2, 0) is 0 Å². The molecule has 0 aliphatic carbocycles. The lowest BCUT2D eigenvalue weighted by Gasteiger charge is -2.40. The van der Waals surface area contributed by atoms with Crippen LogP contribution in [-0.4, -0.2) is 30.7 Å². The first-order chi connectivity index (χ1) is 36.2. The molecule has 0 radical (unpaired) electrons. The summed E-state index contributed by atoms with van der Waals surface area (Å²) >= 11 is 0. The Kier molecular flexibility index (Phi) is 64.2. The first kappa shape index (κ1) is 71.9. The zero-order chi connectivity index (χ0) is 52.6. The van der Waals surface area contributed by atoms with E-state index in [1.54, 1.807) is 0 Å². The fourth-order valence-electron chi connectivity index (χ4n) is 11.4. The van der Waals surface area contributed by atoms with Crippen molar-refractivity contribution in [3.05, 3.63) is 48.6 Å². The predicted octanol–water partition coefficient (Wildman–Crippen LogP) is 26.0. The second-order valence-corrected chi connectivity index (χ2v) is 24.0. The van der Waals surface area contributed by atoms with Crippen molar-refractivity contribution in [3.8, 4) is 0 Å². The third kappa shape index (κ3) is 60.0. The molecule has 0 spiro atoms. The standard InChI is InChI=1S/C72H140N/c1-5-9-13-17-21-25-29-33-37-41-45-49-53-57-61-65-69-73(70-66-62-58-54-50-46-42-38-34-30-26-22-18-14-10-6-2,71-67-63-59-55-51-47-43-39-35-31-27-23-19-15-11-7-3)72-68-64-60-56-52-48-44-40-36-32-28-24-20-16-12-8-4/h33-40H,5-32,41-72H2,1-4H3/q+1. The summed E-state index contributed by atoms with van der Waals surface area (Å²) in [4.78, 5) is 0. The Hall–Kier alpha value is -1.08. The summed E-state index contributed by atoms with van der Waals surface area (Å²) in [7, 11) is 0. The topological polar surface area (TPSA) is 0 Å². The Bertz CT molecular complexity index is 921. The Morgan fingerprint density at radius 1 is 0.151 bits per heavy atom. The van der Waals surface area contributed by atoms with Crippen LogP contribution in [0.2, 0.25) is 0 Å². The molecule has 432 valence electrons. The summed E-state index contributed by atoms with van der Waals surface area (Å²) in [6.07, 6.45) is 98.9. The molecule has 0 aliphatic rings. The van der Waals surface area contributed by atoms with Crippen molar-refractivity contribution in [2.45, 2.75) is 387 Å². The minimum Gasteiger partial charge on any atom is -0.324 e. The number of nitrogens with zero attached hydrogens (tertiary/aromatic N) is 1. The summed E-state index contributed by atoms with van der Waals surface area (Å²) in [6, 6.07) is 0. The molecule has 0 saturated carbocycles. The Labute approximate surface area is 464 Å². The van der Waals surface area contributed by atoms with Gasteiger partial charge in [-0.15, -0.1) is 0 Å². The molecule has 0 heterocycles. The molecule has 1 nitrogen and oxygen atoms in total. The maximum Gasteiger partial charge on any atom is 0.0786 e. The molecule has 0 amide bonds. The van der Waals surface area contributed by atoms with Crippen molar-refractivity contribution >= 4 is 0 Å². The minimum absolute atomic E-state index is 1.30. The first-order valence-electron chi connectivity index (χ1n) is 34.7. The van der Waals surface area contributed by atoms with E-state index in [2.05, 4.69) is 76.3 Å². The zero-order valence-corrected chi connectivity index (χ0v) is 51.5. The molecular formula is C72H140N+. The average Bonchev–Trinajstić information content (AvgIpc) is 3.40. The second kappa shape index (κ2) is 65.2. The van der Waals surface area contributed by atoms with Crippen LogP contribution in [0.25, 0.3) is 0 Å². The van der Waals surface area contributed by atoms with Crippen LogP contribution in [0.3, 0.4) is 0 Å². The monoisotopic (exact) mass is 1020 g/mol. The van der Waals surface area contributed by atoms with Crippen molar-refractivity contribution in [1.29, 1.82) is 0 Å². The van der Waals surface area contributed by atoms with E-state index in [1.165, 1.54) is 390 Å². The van der Waals surface area contributed by atoms with Crippen molar-refractivity contribution in [3.63, 3.8) is 0 Å². The molecule has 0 N–H and O–H groups in total. The minimum atomic E-state index is 1.30. The third-order valence-corrected chi connectivity index (χ3v) is 16.6. The van der Waals surface area contributed by atoms with Crippen LogP contribution < -0.4 is 0 Å². The van der Waals surface area contributed by atoms with E-state index in [1.807, 2.05) is 0 Å². The number of hydrogen-bond acceptors (Lipinski definition) is 0. The highest BCUT2D eigenvalue weighted by molar-refractivity contribution is 4.83. The van der Waals surface area contributed by atoms with Crippen molar-refractivity contribution in [2.24, 2.45) is 0 Å². The molecule has 0 aromatic rings. The molecule has 0 rings (SSSR count). The van der Waals surface area contributed by atoms with Crippen LogP contribution in [0.15, 0.2) is 48.6 Å². The van der Waals surface area contributed by atoms with E-state index in [0.29, 0.717) is 0 Å². The number of allylic oxidation sites excluding steroid dienone is 8. The van der Waals surface area contributed by atoms with Gasteiger partial charge >= 0.3 is 0 Å². The van der Waals surface area contributed by atoms with E-state index in [9.17, 15) is 0 Å². The Morgan fingerprint density at radius 2 is 0.274 bits per heavy atom. The third-order valence-electron chi connectivity index (χ3n) is 16.6. The molecule has 1 heteroatoms. The normalized spacial score (nSPS) is 13.1. The lowest BCUT2D eigenvalue weighted by atomic mass is 10.0. The van der Waals surface area contributed by atoms with E-state index in [0.717, 1.165) is 0 Å². The second-order valence-electron chi connectivity index (χ2n) is 24.0. The molecule has 0 aliphatic heterocycles. The van der Waals surface area contributed by atoms with Gasteiger partial charge in [-0.05, 0) is 154 Å². The maximum atomic E-state index is 2.50. The molecule has 0 aromatic heterocycles. The molecule has 0 atom stereocenters.